The molecule has 1 aliphatic heterocycles. The number of fused-ring (bicyclic) bond motifs is 1. The normalized spacial score (nSPS) is 21.1. The molecule has 0 atom stereocenters. The van der Waals surface area contributed by atoms with Crippen molar-refractivity contribution < 1.29 is 8.42 Å². The quantitative estimate of drug-likeness (QED) is 0.789. The van der Waals surface area contributed by atoms with E-state index in [2.05, 4.69) is 14.9 Å². The zero-order valence-corrected chi connectivity index (χ0v) is 12.7. The highest BCUT2D eigenvalue weighted by molar-refractivity contribution is 7.90. The van der Waals surface area contributed by atoms with Crippen LogP contribution in [0.15, 0.2) is 11.4 Å². The lowest BCUT2D eigenvalue weighted by molar-refractivity contribution is 0.210. The zero-order chi connectivity index (χ0) is 14.2. The first-order valence-corrected chi connectivity index (χ1v) is 9.19. The summed E-state index contributed by atoms with van der Waals surface area (Å²) in [6, 6.07) is 0. The van der Waals surface area contributed by atoms with Gasteiger partial charge in [0.05, 0.1) is 5.69 Å². The van der Waals surface area contributed by atoms with Gasteiger partial charge in [0.2, 0.25) is 15.0 Å². The van der Waals surface area contributed by atoms with E-state index in [0.717, 1.165) is 49.5 Å². The summed E-state index contributed by atoms with van der Waals surface area (Å²) < 4.78 is 23.1. The highest BCUT2D eigenvalue weighted by Gasteiger charge is 2.24. The van der Waals surface area contributed by atoms with Gasteiger partial charge in [-0.05, 0) is 30.7 Å². The Labute approximate surface area is 120 Å². The summed E-state index contributed by atoms with van der Waals surface area (Å²) in [6.07, 6.45) is 9.15. The van der Waals surface area contributed by atoms with Gasteiger partial charge in [0, 0.05) is 32.1 Å². The van der Waals surface area contributed by atoms with Crippen molar-refractivity contribution in [3.05, 3.63) is 17.5 Å². The van der Waals surface area contributed by atoms with E-state index in [1.165, 1.54) is 25.7 Å². The van der Waals surface area contributed by atoms with Crippen molar-refractivity contribution in [2.45, 2.75) is 43.8 Å². The van der Waals surface area contributed by atoms with Crippen molar-refractivity contribution in [2.24, 2.45) is 5.92 Å². The number of rotatable bonds is 3. The monoisotopic (exact) mass is 295 g/mol. The predicted molar refractivity (Wildman–Crippen MR) is 76.1 cm³/mol. The van der Waals surface area contributed by atoms with Crippen LogP contribution >= 0.6 is 0 Å². The summed E-state index contributed by atoms with van der Waals surface area (Å²) in [5.74, 6) is 0.813. The number of hydrogen-bond acceptors (Lipinski definition) is 5. The van der Waals surface area contributed by atoms with E-state index in [4.69, 9.17) is 0 Å². The first kappa shape index (κ1) is 13.9. The van der Waals surface area contributed by atoms with Gasteiger partial charge in [-0.3, -0.25) is 4.90 Å². The molecule has 0 bridgehead atoms. The average molecular weight is 295 g/mol. The van der Waals surface area contributed by atoms with Gasteiger partial charge in [0.1, 0.15) is 0 Å². The molecule has 110 valence electrons. The molecule has 3 rings (SSSR count). The molecule has 0 radical (unpaired) electrons. The third kappa shape index (κ3) is 3.01. The molecule has 20 heavy (non-hydrogen) atoms. The maximum Gasteiger partial charge on any atom is 0.247 e. The Morgan fingerprint density at radius 3 is 2.80 bits per heavy atom. The van der Waals surface area contributed by atoms with Crippen molar-refractivity contribution in [2.75, 3.05) is 19.3 Å². The van der Waals surface area contributed by atoms with Crippen LogP contribution in [0.4, 0.5) is 0 Å². The van der Waals surface area contributed by atoms with Crippen molar-refractivity contribution in [3.63, 3.8) is 0 Å². The van der Waals surface area contributed by atoms with E-state index < -0.39 is 9.84 Å². The minimum atomic E-state index is -3.32. The molecular weight excluding hydrogens is 274 g/mol. The Morgan fingerprint density at radius 2 is 2.10 bits per heavy atom. The second-order valence-corrected chi connectivity index (χ2v) is 7.94. The molecule has 1 saturated carbocycles. The van der Waals surface area contributed by atoms with E-state index >= 15 is 0 Å². The number of aromatic nitrogens is 2. The van der Waals surface area contributed by atoms with E-state index in [1.54, 1.807) is 6.20 Å². The SMILES string of the molecule is CS(=O)(=O)c1ncc2c(n1)CN(CC1CCCC1)CC2. The summed E-state index contributed by atoms with van der Waals surface area (Å²) in [4.78, 5) is 10.7. The van der Waals surface area contributed by atoms with E-state index in [9.17, 15) is 8.42 Å². The predicted octanol–water partition coefficient (Wildman–Crippen LogP) is 1.43. The Kier molecular flexibility index (Phi) is 3.77. The molecule has 0 saturated heterocycles. The van der Waals surface area contributed by atoms with Crippen LogP contribution < -0.4 is 0 Å². The van der Waals surface area contributed by atoms with Crippen LogP contribution in [-0.4, -0.2) is 42.6 Å². The molecule has 1 fully saturated rings. The Bertz CT molecular complexity index is 594. The molecule has 0 aromatic carbocycles. The summed E-state index contributed by atoms with van der Waals surface area (Å²) >= 11 is 0. The second kappa shape index (κ2) is 5.41. The van der Waals surface area contributed by atoms with Crippen molar-refractivity contribution in [1.82, 2.24) is 14.9 Å². The van der Waals surface area contributed by atoms with Crippen LogP contribution in [-0.2, 0) is 22.8 Å². The lowest BCUT2D eigenvalue weighted by Crippen LogP contribution is -2.35. The van der Waals surface area contributed by atoms with E-state index in [1.807, 2.05) is 0 Å². The first-order valence-electron chi connectivity index (χ1n) is 7.29. The Morgan fingerprint density at radius 1 is 1.35 bits per heavy atom. The maximum absolute atomic E-state index is 11.5. The molecule has 2 aliphatic rings. The molecule has 5 nitrogen and oxygen atoms in total. The average Bonchev–Trinajstić information content (AvgIpc) is 2.90. The summed E-state index contributed by atoms with van der Waals surface area (Å²) in [5.41, 5.74) is 1.99. The highest BCUT2D eigenvalue weighted by Crippen LogP contribution is 2.27. The van der Waals surface area contributed by atoms with Crippen LogP contribution in [0.5, 0.6) is 0 Å². The highest BCUT2D eigenvalue weighted by atomic mass is 32.2. The van der Waals surface area contributed by atoms with Gasteiger partial charge in [-0.25, -0.2) is 18.4 Å². The molecular formula is C14H21N3O2S. The first-order chi connectivity index (χ1) is 9.52. The zero-order valence-electron chi connectivity index (χ0n) is 11.9. The molecule has 0 spiro atoms. The summed E-state index contributed by atoms with van der Waals surface area (Å²) in [7, 11) is -3.32. The largest absolute Gasteiger partial charge is 0.297 e. The minimum absolute atomic E-state index is 0.0426. The third-order valence-electron chi connectivity index (χ3n) is 4.33. The minimum Gasteiger partial charge on any atom is -0.297 e. The smallest absolute Gasteiger partial charge is 0.247 e. The van der Waals surface area contributed by atoms with Gasteiger partial charge >= 0.3 is 0 Å². The Balaban J connectivity index is 1.75. The fourth-order valence-electron chi connectivity index (χ4n) is 3.23. The number of nitrogens with zero attached hydrogens (tertiary/aromatic N) is 3. The third-order valence-corrected chi connectivity index (χ3v) is 5.19. The molecule has 1 aromatic heterocycles. The van der Waals surface area contributed by atoms with E-state index in [-0.39, 0.29) is 5.16 Å². The van der Waals surface area contributed by atoms with Crippen molar-refractivity contribution in [1.29, 1.82) is 0 Å². The fraction of sp³-hybridized carbons (Fsp3) is 0.714. The van der Waals surface area contributed by atoms with Gasteiger partial charge in [0.25, 0.3) is 0 Å². The van der Waals surface area contributed by atoms with Gasteiger partial charge in [-0.15, -0.1) is 0 Å². The summed E-state index contributed by atoms with van der Waals surface area (Å²) in [6.45, 7) is 2.92. The number of hydrogen-bond donors (Lipinski definition) is 0. The maximum atomic E-state index is 11.5. The molecule has 6 heteroatoms. The molecule has 2 heterocycles. The molecule has 1 aliphatic carbocycles. The number of sulfone groups is 1. The topological polar surface area (TPSA) is 63.2 Å². The Hall–Kier alpha value is -1.01. The lowest BCUT2D eigenvalue weighted by atomic mass is 10.0. The lowest BCUT2D eigenvalue weighted by Gasteiger charge is -2.29. The fourth-order valence-corrected chi connectivity index (χ4v) is 3.75. The van der Waals surface area contributed by atoms with Gasteiger partial charge in [0.15, 0.2) is 0 Å². The van der Waals surface area contributed by atoms with Crippen LogP contribution in [0.2, 0.25) is 0 Å². The van der Waals surface area contributed by atoms with Crippen LogP contribution in [0.1, 0.15) is 36.9 Å². The van der Waals surface area contributed by atoms with E-state index in [0.29, 0.717) is 0 Å². The van der Waals surface area contributed by atoms with Crippen molar-refractivity contribution >= 4 is 9.84 Å². The van der Waals surface area contributed by atoms with Crippen LogP contribution in [0, 0.1) is 5.92 Å². The molecule has 0 N–H and O–H groups in total. The summed E-state index contributed by atoms with van der Waals surface area (Å²) in [5, 5.41) is -0.0426. The van der Waals surface area contributed by atoms with Gasteiger partial charge < -0.3 is 0 Å². The molecule has 1 aromatic rings. The molecule has 0 unspecified atom stereocenters. The van der Waals surface area contributed by atoms with Gasteiger partial charge in [-0.2, -0.15) is 0 Å². The second-order valence-electron chi connectivity index (χ2n) is 6.03. The van der Waals surface area contributed by atoms with Crippen LogP contribution in [0.25, 0.3) is 0 Å². The molecule has 0 amide bonds. The van der Waals surface area contributed by atoms with Crippen LogP contribution in [0.3, 0.4) is 0 Å². The van der Waals surface area contributed by atoms with Crippen molar-refractivity contribution in [3.8, 4) is 0 Å². The van der Waals surface area contributed by atoms with Gasteiger partial charge in [-0.1, -0.05) is 12.8 Å². The standard InChI is InChI=1S/C14H21N3O2S/c1-20(18,19)14-15-8-12-6-7-17(10-13(12)16-14)9-11-4-2-3-5-11/h8,11H,2-7,9-10H2,1H3.